The Morgan fingerprint density at radius 2 is 2.06 bits per heavy atom. The maximum atomic E-state index is 12.8. The van der Waals surface area contributed by atoms with Crippen LogP contribution >= 0.6 is 0 Å². The van der Waals surface area contributed by atoms with Crippen molar-refractivity contribution in [3.8, 4) is 22.9 Å². The van der Waals surface area contributed by atoms with Crippen LogP contribution in [0.1, 0.15) is 24.3 Å². The maximum Gasteiger partial charge on any atom is 0.321 e. The molecule has 1 saturated heterocycles. The van der Waals surface area contributed by atoms with Crippen molar-refractivity contribution >= 4 is 11.7 Å². The van der Waals surface area contributed by atoms with Crippen LogP contribution in [0.25, 0.3) is 11.4 Å². The highest BCUT2D eigenvalue weighted by Crippen LogP contribution is 2.34. The van der Waals surface area contributed by atoms with E-state index in [1.165, 1.54) is 0 Å². The lowest BCUT2D eigenvalue weighted by molar-refractivity contribution is 0.173. The molecule has 2 aliphatic heterocycles. The summed E-state index contributed by atoms with van der Waals surface area (Å²) in [6, 6.07) is 13.3. The molecule has 3 aromatic rings. The van der Waals surface area contributed by atoms with Gasteiger partial charge >= 0.3 is 6.03 Å². The SMILES string of the molecule is Cc1ccccc1-c1noc(CC2CCCN(C(=O)Nc3ccc4c(c3)OCO4)C2)n1. The summed E-state index contributed by atoms with van der Waals surface area (Å²) in [6.07, 6.45) is 2.63. The zero-order valence-electron chi connectivity index (χ0n) is 17.3. The predicted molar refractivity (Wildman–Crippen MR) is 114 cm³/mol. The van der Waals surface area contributed by atoms with Crippen LogP contribution in [0.3, 0.4) is 0 Å². The summed E-state index contributed by atoms with van der Waals surface area (Å²) in [7, 11) is 0. The van der Waals surface area contributed by atoms with E-state index in [0.29, 0.717) is 41.9 Å². The Hall–Kier alpha value is -3.55. The lowest BCUT2D eigenvalue weighted by atomic mass is 9.95. The third kappa shape index (κ3) is 4.19. The number of benzene rings is 2. The number of rotatable bonds is 4. The average molecular weight is 420 g/mol. The van der Waals surface area contributed by atoms with E-state index in [1.807, 2.05) is 42.2 Å². The van der Waals surface area contributed by atoms with Crippen molar-refractivity contribution in [1.82, 2.24) is 15.0 Å². The molecule has 1 aromatic heterocycles. The average Bonchev–Trinajstić information content (AvgIpc) is 3.43. The quantitative estimate of drug-likeness (QED) is 0.678. The summed E-state index contributed by atoms with van der Waals surface area (Å²) in [5, 5.41) is 7.11. The highest BCUT2D eigenvalue weighted by Gasteiger charge is 2.26. The summed E-state index contributed by atoms with van der Waals surface area (Å²) in [5.74, 6) is 2.85. The van der Waals surface area contributed by atoms with Crippen molar-refractivity contribution < 1.29 is 18.8 Å². The Kier molecular flexibility index (Phi) is 5.19. The van der Waals surface area contributed by atoms with E-state index >= 15 is 0 Å². The van der Waals surface area contributed by atoms with Crippen LogP contribution < -0.4 is 14.8 Å². The van der Waals surface area contributed by atoms with Crippen LogP contribution in [-0.4, -0.2) is 41.0 Å². The lowest BCUT2D eigenvalue weighted by Gasteiger charge is -2.32. The third-order valence-electron chi connectivity index (χ3n) is 5.75. The number of nitrogens with zero attached hydrogens (tertiary/aromatic N) is 3. The standard InChI is InChI=1S/C23H24N4O4/c1-15-5-2-3-7-18(15)22-25-21(31-26-22)11-16-6-4-10-27(13-16)23(28)24-17-8-9-19-20(12-17)30-14-29-19/h2-3,5,7-9,12,16H,4,6,10-11,13-14H2,1H3,(H,24,28). The van der Waals surface area contributed by atoms with E-state index in [4.69, 9.17) is 14.0 Å². The van der Waals surface area contributed by atoms with Gasteiger partial charge in [0.15, 0.2) is 11.5 Å². The number of aryl methyl sites for hydroxylation is 1. The fourth-order valence-corrected chi connectivity index (χ4v) is 4.11. The van der Waals surface area contributed by atoms with Gasteiger partial charge in [-0.2, -0.15) is 4.98 Å². The first-order valence-electron chi connectivity index (χ1n) is 10.5. The van der Waals surface area contributed by atoms with Gasteiger partial charge in [-0.25, -0.2) is 4.79 Å². The smallest absolute Gasteiger partial charge is 0.321 e. The number of urea groups is 1. The molecule has 1 atom stereocenters. The Bertz CT molecular complexity index is 1100. The second kappa shape index (κ2) is 8.29. The second-order valence-corrected chi connectivity index (χ2v) is 7.98. The molecule has 0 bridgehead atoms. The number of amides is 2. The Morgan fingerprint density at radius 3 is 2.97 bits per heavy atom. The highest BCUT2D eigenvalue weighted by molar-refractivity contribution is 5.89. The largest absolute Gasteiger partial charge is 0.454 e. The first-order valence-corrected chi connectivity index (χ1v) is 10.5. The number of fused-ring (bicyclic) bond motifs is 1. The number of anilines is 1. The lowest BCUT2D eigenvalue weighted by Crippen LogP contribution is -2.42. The molecule has 1 unspecified atom stereocenters. The van der Waals surface area contributed by atoms with Gasteiger partial charge in [-0.05, 0) is 43.4 Å². The normalized spacial score (nSPS) is 17.6. The van der Waals surface area contributed by atoms with Gasteiger partial charge in [-0.3, -0.25) is 0 Å². The number of ether oxygens (including phenoxy) is 2. The Balaban J connectivity index is 1.21. The molecule has 160 valence electrons. The topological polar surface area (TPSA) is 89.7 Å². The highest BCUT2D eigenvalue weighted by atomic mass is 16.7. The molecule has 2 aliphatic rings. The molecule has 8 heteroatoms. The van der Waals surface area contributed by atoms with Gasteiger partial charge in [0.25, 0.3) is 0 Å². The van der Waals surface area contributed by atoms with Gasteiger partial charge < -0.3 is 24.2 Å². The van der Waals surface area contributed by atoms with Crippen molar-refractivity contribution in [2.75, 3.05) is 25.2 Å². The molecule has 1 fully saturated rings. The van der Waals surface area contributed by atoms with E-state index in [-0.39, 0.29) is 18.7 Å². The van der Waals surface area contributed by atoms with Gasteiger partial charge in [0, 0.05) is 36.8 Å². The summed E-state index contributed by atoms with van der Waals surface area (Å²) < 4.78 is 16.2. The number of hydrogen-bond acceptors (Lipinski definition) is 6. The fourth-order valence-electron chi connectivity index (χ4n) is 4.11. The van der Waals surface area contributed by atoms with Crippen LogP contribution in [0.2, 0.25) is 0 Å². The first-order chi connectivity index (χ1) is 15.2. The molecule has 3 heterocycles. The maximum absolute atomic E-state index is 12.8. The van der Waals surface area contributed by atoms with E-state index in [1.54, 1.807) is 12.1 Å². The molecule has 0 saturated carbocycles. The van der Waals surface area contributed by atoms with Gasteiger partial charge in [0.05, 0.1) is 0 Å². The number of aromatic nitrogens is 2. The molecule has 0 aliphatic carbocycles. The van der Waals surface area contributed by atoms with Crippen LogP contribution in [0, 0.1) is 12.8 Å². The Morgan fingerprint density at radius 1 is 1.19 bits per heavy atom. The van der Waals surface area contributed by atoms with Crippen LogP contribution in [0.4, 0.5) is 10.5 Å². The van der Waals surface area contributed by atoms with E-state index in [2.05, 4.69) is 15.5 Å². The predicted octanol–water partition coefficient (Wildman–Crippen LogP) is 4.26. The van der Waals surface area contributed by atoms with Crippen molar-refractivity contribution in [1.29, 1.82) is 0 Å². The summed E-state index contributed by atoms with van der Waals surface area (Å²) in [4.78, 5) is 19.2. The van der Waals surface area contributed by atoms with Gasteiger partial charge in [0.1, 0.15) is 0 Å². The molecular formula is C23H24N4O4. The zero-order chi connectivity index (χ0) is 21.2. The van der Waals surface area contributed by atoms with Crippen molar-refractivity contribution in [2.45, 2.75) is 26.2 Å². The van der Waals surface area contributed by atoms with Crippen molar-refractivity contribution in [2.24, 2.45) is 5.92 Å². The number of nitrogens with one attached hydrogen (secondary N) is 1. The first kappa shape index (κ1) is 19.4. The summed E-state index contributed by atoms with van der Waals surface area (Å²) in [5.41, 5.74) is 2.78. The third-order valence-corrected chi connectivity index (χ3v) is 5.75. The second-order valence-electron chi connectivity index (χ2n) is 7.98. The van der Waals surface area contributed by atoms with E-state index < -0.39 is 0 Å². The van der Waals surface area contributed by atoms with Crippen LogP contribution in [0.5, 0.6) is 11.5 Å². The van der Waals surface area contributed by atoms with Crippen LogP contribution in [0.15, 0.2) is 47.0 Å². The van der Waals surface area contributed by atoms with E-state index in [9.17, 15) is 4.79 Å². The molecule has 31 heavy (non-hydrogen) atoms. The zero-order valence-corrected chi connectivity index (χ0v) is 17.3. The molecule has 0 spiro atoms. The summed E-state index contributed by atoms with van der Waals surface area (Å²) in [6.45, 7) is 3.62. The number of piperidine rings is 1. The monoisotopic (exact) mass is 420 g/mol. The van der Waals surface area contributed by atoms with Crippen LogP contribution in [-0.2, 0) is 6.42 Å². The molecule has 8 nitrogen and oxygen atoms in total. The molecule has 0 radical (unpaired) electrons. The van der Waals surface area contributed by atoms with Crippen molar-refractivity contribution in [3.63, 3.8) is 0 Å². The fraction of sp³-hybridized carbons (Fsp3) is 0.348. The number of hydrogen-bond donors (Lipinski definition) is 1. The van der Waals surface area contributed by atoms with E-state index in [0.717, 1.165) is 30.5 Å². The van der Waals surface area contributed by atoms with Crippen molar-refractivity contribution in [3.05, 3.63) is 53.9 Å². The molecule has 5 rings (SSSR count). The minimum absolute atomic E-state index is 0.116. The summed E-state index contributed by atoms with van der Waals surface area (Å²) >= 11 is 0. The number of carbonyl (C=O) groups is 1. The number of likely N-dealkylation sites (tertiary alicyclic amines) is 1. The molecular weight excluding hydrogens is 396 g/mol. The number of carbonyl (C=O) groups excluding carboxylic acids is 1. The van der Waals surface area contributed by atoms with Gasteiger partial charge in [-0.1, -0.05) is 29.4 Å². The van der Waals surface area contributed by atoms with Gasteiger partial charge in [0.2, 0.25) is 18.5 Å². The minimum atomic E-state index is -0.116. The minimum Gasteiger partial charge on any atom is -0.454 e. The van der Waals surface area contributed by atoms with Gasteiger partial charge in [-0.15, -0.1) is 0 Å². The molecule has 1 N–H and O–H groups in total. The molecule has 2 amide bonds. The Labute approximate surface area is 180 Å². The molecule has 2 aromatic carbocycles.